The molecular formula is C13H17ClF2N2O3. The number of hydrogen-bond donors (Lipinski definition) is 3. The molecule has 0 spiro atoms. The van der Waals surface area contributed by atoms with E-state index in [-0.39, 0.29) is 12.3 Å². The zero-order valence-electron chi connectivity index (χ0n) is 11.4. The van der Waals surface area contributed by atoms with Gasteiger partial charge in [-0.05, 0) is 31.5 Å². The molecule has 0 aliphatic rings. The Balaban J connectivity index is 2.53. The number of hydrogen-bond acceptors (Lipinski definition) is 3. The van der Waals surface area contributed by atoms with Gasteiger partial charge in [0.25, 0.3) is 0 Å². The van der Waals surface area contributed by atoms with E-state index in [4.69, 9.17) is 16.7 Å². The van der Waals surface area contributed by atoms with Crippen molar-refractivity contribution < 1.29 is 23.4 Å². The highest BCUT2D eigenvalue weighted by Crippen LogP contribution is 2.24. The summed E-state index contributed by atoms with van der Waals surface area (Å²) in [6.45, 7) is -1.05. The number of rotatable bonds is 7. The van der Waals surface area contributed by atoms with Crippen LogP contribution in [0, 0.1) is 0 Å². The maximum Gasteiger partial charge on any atom is 0.387 e. The SMILES string of the molecule is CC(O)CCNC(=O)NCc1cc(Cl)ccc1OC(F)F. The standard InChI is InChI=1S/C13H17ClF2N2O3/c1-8(19)4-5-17-13(20)18-7-9-6-10(14)2-3-11(9)21-12(15)16/h2-3,6,8,12,19H,4-5,7H2,1H3,(H2,17,18,20). The van der Waals surface area contributed by atoms with Gasteiger partial charge < -0.3 is 20.5 Å². The molecular weight excluding hydrogens is 306 g/mol. The summed E-state index contributed by atoms with van der Waals surface area (Å²) in [5.74, 6) is -0.0429. The van der Waals surface area contributed by atoms with Crippen LogP contribution in [-0.2, 0) is 6.54 Å². The predicted molar refractivity (Wildman–Crippen MR) is 74.6 cm³/mol. The first kappa shape index (κ1) is 17.5. The van der Waals surface area contributed by atoms with Gasteiger partial charge in [-0.2, -0.15) is 8.78 Å². The van der Waals surface area contributed by atoms with E-state index in [1.807, 2.05) is 0 Å². The van der Waals surface area contributed by atoms with Crippen LogP contribution in [0.4, 0.5) is 13.6 Å². The number of aliphatic hydroxyl groups is 1. The van der Waals surface area contributed by atoms with Crippen LogP contribution in [0.15, 0.2) is 18.2 Å². The van der Waals surface area contributed by atoms with Crippen LogP contribution in [0.3, 0.4) is 0 Å². The first-order valence-corrected chi connectivity index (χ1v) is 6.69. The van der Waals surface area contributed by atoms with Crippen LogP contribution in [0.2, 0.25) is 5.02 Å². The van der Waals surface area contributed by atoms with Crippen LogP contribution >= 0.6 is 11.6 Å². The number of carbonyl (C=O) groups is 1. The quantitative estimate of drug-likeness (QED) is 0.722. The van der Waals surface area contributed by atoms with E-state index in [2.05, 4.69) is 15.4 Å². The zero-order valence-corrected chi connectivity index (χ0v) is 12.2. The molecule has 0 radical (unpaired) electrons. The fourth-order valence-electron chi connectivity index (χ4n) is 1.53. The van der Waals surface area contributed by atoms with Crippen molar-refractivity contribution in [2.45, 2.75) is 32.6 Å². The lowest BCUT2D eigenvalue weighted by Crippen LogP contribution is -2.36. The molecule has 0 aliphatic carbocycles. The van der Waals surface area contributed by atoms with Gasteiger partial charge in [0.05, 0.1) is 6.10 Å². The highest BCUT2D eigenvalue weighted by Gasteiger charge is 2.11. The molecule has 5 nitrogen and oxygen atoms in total. The number of ether oxygens (including phenoxy) is 1. The number of amides is 2. The van der Waals surface area contributed by atoms with Gasteiger partial charge in [-0.25, -0.2) is 4.79 Å². The molecule has 2 amide bonds. The van der Waals surface area contributed by atoms with Crippen LogP contribution in [-0.4, -0.2) is 30.4 Å². The zero-order chi connectivity index (χ0) is 15.8. The minimum Gasteiger partial charge on any atom is -0.434 e. The maximum atomic E-state index is 12.3. The van der Waals surface area contributed by atoms with Crippen LogP contribution in [0.25, 0.3) is 0 Å². The monoisotopic (exact) mass is 322 g/mol. The summed E-state index contributed by atoms with van der Waals surface area (Å²) >= 11 is 5.79. The largest absolute Gasteiger partial charge is 0.434 e. The van der Waals surface area contributed by atoms with Crippen LogP contribution in [0.1, 0.15) is 18.9 Å². The van der Waals surface area contributed by atoms with Crippen molar-refractivity contribution in [3.8, 4) is 5.75 Å². The van der Waals surface area contributed by atoms with E-state index in [1.165, 1.54) is 18.2 Å². The minimum atomic E-state index is -2.95. The maximum absolute atomic E-state index is 12.3. The summed E-state index contributed by atoms with van der Waals surface area (Å²) in [7, 11) is 0. The number of halogens is 3. The second-order valence-corrected chi connectivity index (χ2v) is 4.81. The molecule has 0 heterocycles. The number of nitrogens with one attached hydrogen (secondary N) is 2. The van der Waals surface area contributed by atoms with Crippen LogP contribution in [0.5, 0.6) is 5.75 Å². The Morgan fingerprint density at radius 1 is 1.43 bits per heavy atom. The second kappa shape index (κ2) is 8.63. The fraction of sp³-hybridized carbons (Fsp3) is 0.462. The van der Waals surface area contributed by atoms with Crippen molar-refractivity contribution in [3.63, 3.8) is 0 Å². The summed E-state index contributed by atoms with van der Waals surface area (Å²) in [6, 6.07) is 3.70. The van der Waals surface area contributed by atoms with Gasteiger partial charge in [0, 0.05) is 23.7 Å². The van der Waals surface area contributed by atoms with Gasteiger partial charge in [0.2, 0.25) is 0 Å². The number of aliphatic hydroxyl groups excluding tert-OH is 1. The number of alkyl halides is 2. The topological polar surface area (TPSA) is 70.6 Å². The van der Waals surface area contributed by atoms with E-state index in [9.17, 15) is 13.6 Å². The molecule has 1 rings (SSSR count). The molecule has 1 aromatic rings. The van der Waals surface area contributed by atoms with E-state index in [0.717, 1.165) is 0 Å². The number of urea groups is 1. The van der Waals surface area contributed by atoms with Crippen LogP contribution < -0.4 is 15.4 Å². The summed E-state index contributed by atoms with van der Waals surface area (Å²) in [6.07, 6.45) is -0.0890. The van der Waals surface area contributed by atoms with Gasteiger partial charge in [0.1, 0.15) is 5.75 Å². The first-order valence-electron chi connectivity index (χ1n) is 6.31. The fourth-order valence-corrected chi connectivity index (χ4v) is 1.72. The second-order valence-electron chi connectivity index (χ2n) is 4.38. The molecule has 8 heteroatoms. The molecule has 0 aliphatic heterocycles. The first-order chi connectivity index (χ1) is 9.88. The molecule has 0 saturated heterocycles. The van der Waals surface area contributed by atoms with Crippen molar-refractivity contribution in [1.29, 1.82) is 0 Å². The highest BCUT2D eigenvalue weighted by atomic mass is 35.5. The number of carbonyl (C=O) groups excluding carboxylic acids is 1. The summed E-state index contributed by atoms with van der Waals surface area (Å²) < 4.78 is 28.9. The molecule has 0 saturated carbocycles. The normalized spacial score (nSPS) is 12.1. The van der Waals surface area contributed by atoms with Crippen molar-refractivity contribution in [2.24, 2.45) is 0 Å². The lowest BCUT2D eigenvalue weighted by molar-refractivity contribution is -0.0504. The van der Waals surface area contributed by atoms with E-state index < -0.39 is 18.7 Å². The molecule has 0 fully saturated rings. The Morgan fingerprint density at radius 3 is 2.76 bits per heavy atom. The van der Waals surface area contributed by atoms with Crippen molar-refractivity contribution in [3.05, 3.63) is 28.8 Å². The van der Waals surface area contributed by atoms with E-state index >= 15 is 0 Å². The summed E-state index contributed by atoms with van der Waals surface area (Å²) in [5.41, 5.74) is 0.341. The van der Waals surface area contributed by atoms with Gasteiger partial charge in [0.15, 0.2) is 0 Å². The minimum absolute atomic E-state index is 0.0108. The Labute approximate surface area is 126 Å². The Morgan fingerprint density at radius 2 is 2.14 bits per heavy atom. The third-order valence-electron chi connectivity index (χ3n) is 2.53. The van der Waals surface area contributed by atoms with Gasteiger partial charge in [-0.15, -0.1) is 0 Å². The Kier molecular flexibility index (Phi) is 7.18. The van der Waals surface area contributed by atoms with Crippen molar-refractivity contribution >= 4 is 17.6 Å². The van der Waals surface area contributed by atoms with Gasteiger partial charge in [-0.3, -0.25) is 0 Å². The predicted octanol–water partition coefficient (Wildman–Crippen LogP) is 2.51. The summed E-state index contributed by atoms with van der Waals surface area (Å²) in [4.78, 5) is 11.5. The van der Waals surface area contributed by atoms with Crippen molar-refractivity contribution in [2.75, 3.05) is 6.54 Å². The third kappa shape index (κ3) is 7.10. The lowest BCUT2D eigenvalue weighted by atomic mass is 10.2. The molecule has 1 unspecified atom stereocenters. The molecule has 1 atom stereocenters. The summed E-state index contributed by atoms with van der Waals surface area (Å²) in [5, 5.41) is 14.4. The van der Waals surface area contributed by atoms with E-state index in [1.54, 1.807) is 6.92 Å². The molecule has 0 aromatic heterocycles. The number of benzene rings is 1. The van der Waals surface area contributed by atoms with Gasteiger partial charge in [-0.1, -0.05) is 11.6 Å². The Bertz CT molecular complexity index is 473. The highest BCUT2D eigenvalue weighted by molar-refractivity contribution is 6.30. The molecule has 3 N–H and O–H groups in total. The van der Waals surface area contributed by atoms with E-state index in [0.29, 0.717) is 23.6 Å². The van der Waals surface area contributed by atoms with Gasteiger partial charge >= 0.3 is 12.6 Å². The molecule has 1 aromatic carbocycles. The molecule has 0 bridgehead atoms. The lowest BCUT2D eigenvalue weighted by Gasteiger charge is -2.13. The molecule has 118 valence electrons. The Hall–Kier alpha value is -1.60. The average Bonchev–Trinajstić information content (AvgIpc) is 2.38. The average molecular weight is 323 g/mol. The smallest absolute Gasteiger partial charge is 0.387 e. The third-order valence-corrected chi connectivity index (χ3v) is 2.76. The van der Waals surface area contributed by atoms with Crippen molar-refractivity contribution in [1.82, 2.24) is 10.6 Å². The molecule has 21 heavy (non-hydrogen) atoms.